The highest BCUT2D eigenvalue weighted by Crippen LogP contribution is 2.32. The summed E-state index contributed by atoms with van der Waals surface area (Å²) >= 11 is 0. The lowest BCUT2D eigenvalue weighted by Gasteiger charge is -2.42. The third-order valence-corrected chi connectivity index (χ3v) is 5.04. The SMILES string of the molecule is CC(C)(C)CC(C)(C)NCC1CCC2CCCCC2N1. The summed E-state index contributed by atoms with van der Waals surface area (Å²) in [7, 11) is 0. The molecule has 1 saturated carbocycles. The molecule has 1 heterocycles. The molecule has 0 aromatic carbocycles. The monoisotopic (exact) mass is 280 g/mol. The fourth-order valence-corrected chi connectivity index (χ4v) is 4.52. The largest absolute Gasteiger partial charge is 0.310 e. The van der Waals surface area contributed by atoms with Crippen LogP contribution in [0.15, 0.2) is 0 Å². The van der Waals surface area contributed by atoms with Gasteiger partial charge in [-0.05, 0) is 57.3 Å². The maximum Gasteiger partial charge on any atom is 0.0195 e. The number of nitrogens with one attached hydrogen (secondary N) is 2. The zero-order valence-electron chi connectivity index (χ0n) is 14.4. The lowest BCUT2D eigenvalue weighted by molar-refractivity contribution is 0.162. The Morgan fingerprint density at radius 1 is 0.950 bits per heavy atom. The van der Waals surface area contributed by atoms with Crippen molar-refractivity contribution in [1.82, 2.24) is 10.6 Å². The number of hydrogen-bond donors (Lipinski definition) is 2. The van der Waals surface area contributed by atoms with Crippen molar-refractivity contribution in [3.05, 3.63) is 0 Å². The Labute approximate surface area is 126 Å². The Balaban J connectivity index is 1.76. The molecule has 1 aliphatic heterocycles. The van der Waals surface area contributed by atoms with Gasteiger partial charge in [-0.1, -0.05) is 33.6 Å². The van der Waals surface area contributed by atoms with Gasteiger partial charge in [-0.3, -0.25) is 0 Å². The molecule has 0 aromatic heterocycles. The molecule has 2 heteroatoms. The molecule has 2 fully saturated rings. The van der Waals surface area contributed by atoms with E-state index in [2.05, 4.69) is 45.3 Å². The molecule has 0 radical (unpaired) electrons. The number of rotatable bonds is 4. The first-order valence-corrected chi connectivity index (χ1v) is 8.76. The van der Waals surface area contributed by atoms with Crippen molar-refractivity contribution >= 4 is 0 Å². The van der Waals surface area contributed by atoms with Gasteiger partial charge in [0.2, 0.25) is 0 Å². The van der Waals surface area contributed by atoms with Crippen LogP contribution in [0.3, 0.4) is 0 Å². The van der Waals surface area contributed by atoms with E-state index in [9.17, 15) is 0 Å². The second kappa shape index (κ2) is 6.36. The molecule has 118 valence electrons. The van der Waals surface area contributed by atoms with E-state index in [1.807, 2.05) is 0 Å². The number of hydrogen-bond acceptors (Lipinski definition) is 2. The Morgan fingerprint density at radius 2 is 1.65 bits per heavy atom. The van der Waals surface area contributed by atoms with Crippen molar-refractivity contribution < 1.29 is 0 Å². The lowest BCUT2D eigenvalue weighted by atomic mass is 9.77. The van der Waals surface area contributed by atoms with Gasteiger partial charge in [-0.25, -0.2) is 0 Å². The van der Waals surface area contributed by atoms with Gasteiger partial charge in [0, 0.05) is 24.2 Å². The summed E-state index contributed by atoms with van der Waals surface area (Å²) in [5.41, 5.74) is 0.633. The van der Waals surface area contributed by atoms with Gasteiger partial charge in [-0.15, -0.1) is 0 Å². The molecule has 2 N–H and O–H groups in total. The van der Waals surface area contributed by atoms with Crippen LogP contribution in [-0.4, -0.2) is 24.2 Å². The summed E-state index contributed by atoms with van der Waals surface area (Å²) in [6.45, 7) is 12.8. The van der Waals surface area contributed by atoms with Gasteiger partial charge < -0.3 is 10.6 Å². The van der Waals surface area contributed by atoms with E-state index in [1.165, 1.54) is 44.9 Å². The third kappa shape index (κ3) is 5.04. The van der Waals surface area contributed by atoms with Gasteiger partial charge in [-0.2, -0.15) is 0 Å². The highest BCUT2D eigenvalue weighted by Gasteiger charge is 2.32. The van der Waals surface area contributed by atoms with Gasteiger partial charge in [0.05, 0.1) is 0 Å². The molecular formula is C18H36N2. The summed E-state index contributed by atoms with van der Waals surface area (Å²) in [5.74, 6) is 0.975. The number of fused-ring (bicyclic) bond motifs is 1. The summed E-state index contributed by atoms with van der Waals surface area (Å²) in [6.07, 6.45) is 9.80. The second-order valence-corrected chi connectivity index (χ2v) is 9.09. The molecule has 0 amide bonds. The summed E-state index contributed by atoms with van der Waals surface area (Å²) < 4.78 is 0. The van der Waals surface area contributed by atoms with Crippen LogP contribution in [0.4, 0.5) is 0 Å². The fourth-order valence-electron chi connectivity index (χ4n) is 4.52. The zero-order chi connectivity index (χ0) is 14.8. The van der Waals surface area contributed by atoms with Crippen LogP contribution in [0.1, 0.15) is 79.6 Å². The van der Waals surface area contributed by atoms with Crippen LogP contribution >= 0.6 is 0 Å². The van der Waals surface area contributed by atoms with E-state index < -0.39 is 0 Å². The molecular weight excluding hydrogens is 244 g/mol. The Bertz CT molecular complexity index is 303. The maximum atomic E-state index is 3.93. The fraction of sp³-hybridized carbons (Fsp3) is 1.00. The minimum Gasteiger partial charge on any atom is -0.310 e. The van der Waals surface area contributed by atoms with Crippen molar-refractivity contribution in [1.29, 1.82) is 0 Å². The standard InChI is InChI=1S/C18H36N2/c1-17(2,3)13-18(4,5)19-12-15-11-10-14-8-6-7-9-16(14)20-15/h14-16,19-20H,6-13H2,1-5H3. The first kappa shape index (κ1) is 16.3. The van der Waals surface area contributed by atoms with E-state index in [0.29, 0.717) is 11.5 Å². The van der Waals surface area contributed by atoms with Crippen LogP contribution < -0.4 is 10.6 Å². The van der Waals surface area contributed by atoms with Crippen LogP contribution in [0.2, 0.25) is 0 Å². The molecule has 20 heavy (non-hydrogen) atoms. The maximum absolute atomic E-state index is 3.93. The molecule has 2 nitrogen and oxygen atoms in total. The van der Waals surface area contributed by atoms with E-state index in [1.54, 1.807) is 0 Å². The topological polar surface area (TPSA) is 24.1 Å². The van der Waals surface area contributed by atoms with E-state index in [4.69, 9.17) is 0 Å². The molecule has 2 rings (SSSR count). The van der Waals surface area contributed by atoms with Crippen molar-refractivity contribution in [2.75, 3.05) is 6.54 Å². The van der Waals surface area contributed by atoms with Gasteiger partial charge in [0.1, 0.15) is 0 Å². The Morgan fingerprint density at radius 3 is 2.35 bits per heavy atom. The predicted octanol–water partition coefficient (Wildman–Crippen LogP) is 4.10. The van der Waals surface area contributed by atoms with Crippen molar-refractivity contribution in [2.45, 2.75) is 97.2 Å². The predicted molar refractivity (Wildman–Crippen MR) is 88.1 cm³/mol. The minimum absolute atomic E-state index is 0.239. The zero-order valence-corrected chi connectivity index (χ0v) is 14.4. The van der Waals surface area contributed by atoms with Crippen LogP contribution in [0.25, 0.3) is 0 Å². The van der Waals surface area contributed by atoms with E-state index >= 15 is 0 Å². The average molecular weight is 280 g/mol. The molecule has 3 atom stereocenters. The van der Waals surface area contributed by atoms with Gasteiger partial charge in [0.25, 0.3) is 0 Å². The molecule has 1 saturated heterocycles. The van der Waals surface area contributed by atoms with Crippen molar-refractivity contribution in [3.63, 3.8) is 0 Å². The Kier molecular flexibility index (Phi) is 5.18. The second-order valence-electron chi connectivity index (χ2n) is 9.09. The van der Waals surface area contributed by atoms with E-state index in [-0.39, 0.29) is 5.54 Å². The third-order valence-electron chi connectivity index (χ3n) is 5.04. The van der Waals surface area contributed by atoms with Gasteiger partial charge in [0.15, 0.2) is 0 Å². The summed E-state index contributed by atoms with van der Waals surface area (Å²) in [5, 5.41) is 7.75. The first-order valence-electron chi connectivity index (χ1n) is 8.76. The normalized spacial score (nSPS) is 31.9. The smallest absolute Gasteiger partial charge is 0.0195 e. The first-order chi connectivity index (χ1) is 9.25. The molecule has 3 unspecified atom stereocenters. The van der Waals surface area contributed by atoms with Crippen LogP contribution in [0.5, 0.6) is 0 Å². The molecule has 1 aliphatic carbocycles. The molecule has 0 aromatic rings. The molecule has 0 bridgehead atoms. The minimum atomic E-state index is 0.239. The van der Waals surface area contributed by atoms with Crippen LogP contribution in [-0.2, 0) is 0 Å². The molecule has 0 spiro atoms. The number of piperidine rings is 1. The van der Waals surface area contributed by atoms with Crippen molar-refractivity contribution in [3.8, 4) is 0 Å². The van der Waals surface area contributed by atoms with E-state index in [0.717, 1.165) is 18.5 Å². The van der Waals surface area contributed by atoms with Crippen LogP contribution in [0, 0.1) is 11.3 Å². The highest BCUT2D eigenvalue weighted by atomic mass is 15.1. The van der Waals surface area contributed by atoms with Crippen molar-refractivity contribution in [2.24, 2.45) is 11.3 Å². The lowest BCUT2D eigenvalue weighted by Crippen LogP contribution is -2.55. The summed E-state index contributed by atoms with van der Waals surface area (Å²) in [4.78, 5) is 0. The Hall–Kier alpha value is -0.0800. The average Bonchev–Trinajstić information content (AvgIpc) is 2.33. The van der Waals surface area contributed by atoms with Gasteiger partial charge >= 0.3 is 0 Å². The summed E-state index contributed by atoms with van der Waals surface area (Å²) in [6, 6.07) is 1.50. The quantitative estimate of drug-likeness (QED) is 0.810. The molecule has 2 aliphatic rings. The highest BCUT2D eigenvalue weighted by molar-refractivity contribution is 4.92.